The Balaban J connectivity index is 0.000000237. The van der Waals surface area contributed by atoms with Gasteiger partial charge in [0.2, 0.25) is 0 Å². The van der Waals surface area contributed by atoms with Crippen LogP contribution in [0.1, 0.15) is 58.7 Å². The highest BCUT2D eigenvalue weighted by molar-refractivity contribution is 14.1. The number of terminal acetylenes is 1. The summed E-state index contributed by atoms with van der Waals surface area (Å²) in [5.74, 6) is 2.48. The fourth-order valence-electron chi connectivity index (χ4n) is 7.12. The number of nitrogens with one attached hydrogen (secondary N) is 4. The number of pyridine rings is 2. The van der Waals surface area contributed by atoms with Gasteiger partial charge in [0.1, 0.15) is 34.9 Å². The Morgan fingerprint density at radius 2 is 1.12 bits per heavy atom. The molecule has 0 saturated carbocycles. The normalized spacial score (nSPS) is 10.2. The molecule has 0 unspecified atom stereocenters. The van der Waals surface area contributed by atoms with Gasteiger partial charge in [0, 0.05) is 45.4 Å². The number of benzene rings is 4. The van der Waals surface area contributed by atoms with Gasteiger partial charge in [-0.1, -0.05) is 37.3 Å². The van der Waals surface area contributed by atoms with Gasteiger partial charge in [-0.05, 0) is 108 Å². The highest BCUT2D eigenvalue weighted by Gasteiger charge is 2.20. The third-order valence-electron chi connectivity index (χ3n) is 10.6. The number of nitro groups is 2. The zero-order valence-electron chi connectivity index (χ0n) is 40.4. The molecule has 0 saturated heterocycles. The summed E-state index contributed by atoms with van der Waals surface area (Å²) in [6.07, 6.45) is 12.2. The lowest BCUT2D eigenvalue weighted by Crippen LogP contribution is -2.33. The molecule has 0 radical (unpaired) electrons. The molecule has 0 fully saturated rings. The third kappa shape index (κ3) is 15.0. The molecular formula is C53H45F4IN12O8. The van der Waals surface area contributed by atoms with Crippen molar-refractivity contribution in [3.8, 4) is 24.2 Å². The Hall–Kier alpha value is -9.63. The van der Waals surface area contributed by atoms with E-state index in [1.54, 1.807) is 18.2 Å². The number of rotatable bonds is 14. The van der Waals surface area contributed by atoms with Crippen LogP contribution in [0.15, 0.2) is 120 Å². The van der Waals surface area contributed by atoms with Gasteiger partial charge in [0.25, 0.3) is 22.9 Å². The third-order valence-corrected chi connectivity index (χ3v) is 11.3. The molecule has 0 aliphatic heterocycles. The quantitative estimate of drug-likeness (QED) is 0.0264. The van der Waals surface area contributed by atoms with Gasteiger partial charge in [0.05, 0.1) is 59.7 Å². The van der Waals surface area contributed by atoms with E-state index >= 15 is 0 Å². The second-order valence-corrected chi connectivity index (χ2v) is 17.1. The summed E-state index contributed by atoms with van der Waals surface area (Å²) in [7, 11) is 0. The lowest BCUT2D eigenvalue weighted by molar-refractivity contribution is -0.384. The largest absolute Gasteiger partial charge is 0.379 e. The summed E-state index contributed by atoms with van der Waals surface area (Å²) in [6, 6.07) is 17.3. The molecule has 0 aliphatic rings. The molecule has 4 aromatic heterocycles. The second kappa shape index (κ2) is 27.8. The molecule has 0 atom stereocenters. The summed E-state index contributed by atoms with van der Waals surface area (Å²) in [5.41, 5.74) is 1.62. The van der Waals surface area contributed by atoms with E-state index in [4.69, 9.17) is 6.42 Å². The number of anilines is 2. The fourth-order valence-corrected chi connectivity index (χ4v) is 7.61. The van der Waals surface area contributed by atoms with Crippen molar-refractivity contribution in [2.24, 2.45) is 0 Å². The van der Waals surface area contributed by atoms with Crippen LogP contribution in [0.5, 0.6) is 0 Å². The van der Waals surface area contributed by atoms with Gasteiger partial charge in [0.15, 0.2) is 23.3 Å². The highest BCUT2D eigenvalue weighted by Crippen LogP contribution is 2.33. The van der Waals surface area contributed by atoms with E-state index in [1.807, 2.05) is 32.0 Å². The average Bonchev–Trinajstić information content (AvgIpc) is 3.43. The zero-order chi connectivity index (χ0) is 55.8. The zero-order valence-corrected chi connectivity index (χ0v) is 42.6. The van der Waals surface area contributed by atoms with Crippen LogP contribution < -0.4 is 32.4 Å². The Morgan fingerprint density at radius 1 is 0.654 bits per heavy atom. The molecular weight excluding hydrogens is 1140 g/mol. The van der Waals surface area contributed by atoms with Crippen LogP contribution in [-0.2, 0) is 13.1 Å². The van der Waals surface area contributed by atoms with Crippen molar-refractivity contribution in [3.63, 3.8) is 0 Å². The van der Waals surface area contributed by atoms with Crippen molar-refractivity contribution in [2.45, 2.75) is 34.4 Å². The van der Waals surface area contributed by atoms with Gasteiger partial charge < -0.3 is 21.3 Å². The van der Waals surface area contributed by atoms with Crippen LogP contribution in [0.4, 0.5) is 40.3 Å². The van der Waals surface area contributed by atoms with E-state index in [1.165, 1.54) is 37.2 Å². The highest BCUT2D eigenvalue weighted by atomic mass is 127. The summed E-state index contributed by atoms with van der Waals surface area (Å²) >= 11 is 2.18. The first-order valence-corrected chi connectivity index (χ1v) is 23.7. The number of amides is 2. The number of fused-ring (bicyclic) bond motifs is 2. The van der Waals surface area contributed by atoms with Crippen LogP contribution in [0, 0.1) is 71.3 Å². The number of halogens is 5. The molecule has 8 aromatic rings. The minimum Gasteiger partial charge on any atom is -0.379 e. The van der Waals surface area contributed by atoms with Crippen LogP contribution in [0.25, 0.3) is 21.8 Å². The molecule has 4 N–H and O–H groups in total. The molecule has 78 heavy (non-hydrogen) atoms. The average molecular weight is 1180 g/mol. The first-order valence-electron chi connectivity index (χ1n) is 22.7. The predicted molar refractivity (Wildman–Crippen MR) is 293 cm³/mol. The van der Waals surface area contributed by atoms with Gasteiger partial charge in [-0.3, -0.25) is 48.5 Å². The van der Waals surface area contributed by atoms with Gasteiger partial charge in [-0.2, -0.15) is 0 Å². The molecule has 2 amide bonds. The van der Waals surface area contributed by atoms with Crippen LogP contribution in [-0.4, -0.2) is 76.9 Å². The van der Waals surface area contributed by atoms with Crippen molar-refractivity contribution in [1.82, 2.24) is 39.7 Å². The van der Waals surface area contributed by atoms with Crippen molar-refractivity contribution < 1.29 is 37.0 Å². The van der Waals surface area contributed by atoms with Crippen LogP contribution >= 0.6 is 22.6 Å². The van der Waals surface area contributed by atoms with Crippen molar-refractivity contribution >= 4 is 79.0 Å². The van der Waals surface area contributed by atoms with Crippen molar-refractivity contribution in [1.29, 1.82) is 0 Å². The van der Waals surface area contributed by atoms with Crippen LogP contribution in [0.3, 0.4) is 0 Å². The molecule has 8 rings (SSSR count). The molecule has 20 nitrogen and oxygen atoms in total. The Bertz CT molecular complexity index is 3810. The fraction of sp³-hybridized carbons (Fsp3) is 0.170. The summed E-state index contributed by atoms with van der Waals surface area (Å²) < 4.78 is 55.9. The smallest absolute Gasteiger partial charge is 0.311 e. The minimum absolute atomic E-state index is 0. The molecule has 4 aromatic carbocycles. The number of hydrogen-bond donors (Lipinski definition) is 4. The number of hydrogen-bond acceptors (Lipinski definition) is 14. The maximum atomic E-state index is 13.5. The molecule has 400 valence electrons. The van der Waals surface area contributed by atoms with E-state index in [9.17, 15) is 57.0 Å². The topological polar surface area (TPSA) is 264 Å². The SMILES string of the molecule is C.C#CCNC(=O)c1cncn(Cc2ccc(F)c(F)c2)c1=O.CCNc1c([N+](=O)[O-])cnc2ccc(C#CCNC(=O)c3cncn(Cc4ccc(F)c(F)c4)c3=O)cc12.CCNc1c([N+](=O)[O-])cnc2ccc(I)cc12. The molecule has 0 aliphatic carbocycles. The lowest BCUT2D eigenvalue weighted by atomic mass is 10.1. The minimum atomic E-state index is -1.05. The van der Waals surface area contributed by atoms with E-state index in [0.717, 1.165) is 60.3 Å². The van der Waals surface area contributed by atoms with Crippen molar-refractivity contribution in [3.05, 3.63) is 206 Å². The number of carbonyl (C=O) groups is 2. The summed E-state index contributed by atoms with van der Waals surface area (Å²) in [6.45, 7) is 4.57. The summed E-state index contributed by atoms with van der Waals surface area (Å²) in [4.78, 5) is 86.5. The second-order valence-electron chi connectivity index (χ2n) is 15.9. The Labute approximate surface area is 454 Å². The van der Waals surface area contributed by atoms with E-state index in [0.29, 0.717) is 52.1 Å². The van der Waals surface area contributed by atoms with Crippen molar-refractivity contribution in [2.75, 3.05) is 36.8 Å². The van der Waals surface area contributed by atoms with Gasteiger partial charge in [-0.25, -0.2) is 37.5 Å². The predicted octanol–water partition coefficient (Wildman–Crippen LogP) is 7.99. The van der Waals surface area contributed by atoms with Crippen LogP contribution in [0.2, 0.25) is 0 Å². The first-order chi connectivity index (χ1) is 36.9. The Morgan fingerprint density at radius 3 is 1.56 bits per heavy atom. The Kier molecular flexibility index (Phi) is 21.1. The maximum absolute atomic E-state index is 13.5. The number of nitrogens with zero attached hydrogens (tertiary/aromatic N) is 8. The lowest BCUT2D eigenvalue weighted by Gasteiger charge is -2.08. The molecule has 4 heterocycles. The maximum Gasteiger partial charge on any atom is 0.311 e. The van der Waals surface area contributed by atoms with E-state index in [-0.39, 0.29) is 56.1 Å². The first kappa shape index (κ1) is 59.2. The summed E-state index contributed by atoms with van der Waals surface area (Å²) in [5, 5.41) is 34.6. The number of aromatic nitrogens is 6. The molecule has 0 spiro atoms. The monoisotopic (exact) mass is 1180 g/mol. The number of carbonyl (C=O) groups excluding carboxylic acids is 2. The van der Waals surface area contributed by atoms with E-state index in [2.05, 4.69) is 81.6 Å². The van der Waals surface area contributed by atoms with Gasteiger partial charge >= 0.3 is 11.4 Å². The standard InChI is InChI=1S/C26H20F2N6O4.C15H11F2N3O2.C11H10IN3O2.CH4/c1-2-30-24-18-10-16(6-8-22(18)32-13-23(24)34(37)38)4-3-9-31-25(35)19-12-29-15-33(26(19)36)14-17-5-7-20(27)21(28)11-17;1-2-5-19-14(21)11-7-18-9-20(15(11)22)8-10-3-4-12(16)13(17)6-10;1-2-13-11-8-5-7(12)3-4-9(8)14-6-10(11)15(16)17;/h5-8,10-13,15H,2,9,14H2,1H3,(H,30,32)(H,31,35);1,3-4,6-7,9H,5,8H2,(H,19,21);3-6H,2H2,1H3,(H,13,14);1H4. The van der Waals surface area contributed by atoms with E-state index < -0.39 is 56.0 Å². The van der Waals surface area contributed by atoms with Gasteiger partial charge in [-0.15, -0.1) is 6.42 Å². The molecule has 25 heteroatoms. The molecule has 0 bridgehead atoms.